The molecule has 2 unspecified atom stereocenters. The van der Waals surface area contributed by atoms with Crippen LogP contribution < -0.4 is 5.32 Å². The Labute approximate surface area is 137 Å². The monoisotopic (exact) mass is 314 g/mol. The number of hydrogen-bond donors (Lipinski definition) is 2. The molecule has 2 heterocycles. The van der Waals surface area contributed by atoms with E-state index in [1.54, 1.807) is 6.08 Å². The number of carbonyl (C=O) groups excluding carboxylic acids is 2. The van der Waals surface area contributed by atoms with Crippen molar-refractivity contribution in [3.8, 4) is 0 Å². The summed E-state index contributed by atoms with van der Waals surface area (Å²) in [4.78, 5) is 28.2. The predicted octanol–water partition coefficient (Wildman–Crippen LogP) is 2.96. The summed E-state index contributed by atoms with van der Waals surface area (Å²) in [6.07, 6.45) is 7.31. The van der Waals surface area contributed by atoms with Crippen LogP contribution >= 0.6 is 0 Å². The molecule has 0 radical (unpaired) electrons. The number of nitrogens with one attached hydrogen (secondary N) is 2. The molecule has 0 spiro atoms. The van der Waals surface area contributed by atoms with Crippen LogP contribution in [0.3, 0.4) is 0 Å². The molecule has 2 N–H and O–H groups in total. The van der Waals surface area contributed by atoms with Gasteiger partial charge in [-0.2, -0.15) is 0 Å². The van der Waals surface area contributed by atoms with E-state index in [0.717, 1.165) is 27.4 Å². The van der Waals surface area contributed by atoms with E-state index < -0.39 is 11.3 Å². The molecule has 3 aromatic rings. The number of aromatic nitrogens is 1. The number of amides is 2. The van der Waals surface area contributed by atoms with Crippen molar-refractivity contribution in [2.24, 2.45) is 5.92 Å². The van der Waals surface area contributed by atoms with Crippen LogP contribution in [-0.2, 0) is 15.0 Å². The lowest BCUT2D eigenvalue weighted by Gasteiger charge is -2.29. The first-order chi connectivity index (χ1) is 11.7. The second kappa shape index (κ2) is 4.45. The molecular formula is C20H14N2O2. The van der Waals surface area contributed by atoms with Crippen molar-refractivity contribution < 1.29 is 9.59 Å². The number of H-pyrrole nitrogens is 1. The Hall–Kier alpha value is -3.14. The Bertz CT molecular complexity index is 1090. The van der Waals surface area contributed by atoms with Gasteiger partial charge >= 0.3 is 0 Å². The fourth-order valence-corrected chi connectivity index (χ4v) is 3.95. The molecule has 2 aliphatic rings. The number of para-hydroxylation sites is 1. The molecule has 1 aromatic heterocycles. The number of allylic oxidation sites excluding steroid dienone is 2. The number of hydrogen-bond acceptors (Lipinski definition) is 2. The number of rotatable bonds is 1. The van der Waals surface area contributed by atoms with E-state index in [-0.39, 0.29) is 11.8 Å². The molecule has 5 rings (SSSR count). The minimum absolute atomic E-state index is 0.236. The molecule has 0 saturated carbocycles. The summed E-state index contributed by atoms with van der Waals surface area (Å²) in [6.45, 7) is 0. The summed E-state index contributed by atoms with van der Waals surface area (Å²) >= 11 is 0. The molecule has 1 saturated heterocycles. The van der Waals surface area contributed by atoms with Crippen LogP contribution in [0.5, 0.6) is 0 Å². The van der Waals surface area contributed by atoms with Gasteiger partial charge in [-0.05, 0) is 23.8 Å². The third kappa shape index (κ3) is 1.52. The third-order valence-electron chi connectivity index (χ3n) is 5.14. The minimum Gasteiger partial charge on any atom is -0.355 e. The lowest BCUT2D eigenvalue weighted by Crippen LogP contribution is -2.38. The van der Waals surface area contributed by atoms with Gasteiger partial charge < -0.3 is 4.98 Å². The summed E-state index contributed by atoms with van der Waals surface area (Å²) in [5.74, 6) is -0.977. The summed E-state index contributed by atoms with van der Waals surface area (Å²) < 4.78 is 0. The summed E-state index contributed by atoms with van der Waals surface area (Å²) in [5, 5.41) is 4.66. The number of imide groups is 1. The van der Waals surface area contributed by atoms with Gasteiger partial charge in [-0.3, -0.25) is 14.9 Å². The highest BCUT2D eigenvalue weighted by Crippen LogP contribution is 2.42. The van der Waals surface area contributed by atoms with E-state index in [1.807, 2.05) is 54.6 Å². The van der Waals surface area contributed by atoms with Crippen LogP contribution in [-0.4, -0.2) is 16.8 Å². The molecule has 0 bridgehead atoms. The summed E-state index contributed by atoms with van der Waals surface area (Å²) in [7, 11) is 0. The molecule has 1 fully saturated rings. The number of carbonyl (C=O) groups is 2. The zero-order valence-electron chi connectivity index (χ0n) is 12.7. The van der Waals surface area contributed by atoms with Crippen LogP contribution in [0, 0.1) is 5.92 Å². The van der Waals surface area contributed by atoms with Crippen molar-refractivity contribution in [2.75, 3.05) is 0 Å². The molecule has 4 nitrogen and oxygen atoms in total. The maximum absolute atomic E-state index is 12.7. The molecule has 2 amide bonds. The average molecular weight is 314 g/mol. The number of fused-ring (bicyclic) bond motifs is 4. The normalized spacial score (nSPS) is 25.4. The van der Waals surface area contributed by atoms with E-state index in [0.29, 0.717) is 0 Å². The van der Waals surface area contributed by atoms with Crippen molar-refractivity contribution in [3.05, 3.63) is 72.3 Å². The quantitative estimate of drug-likeness (QED) is 0.678. The Morgan fingerprint density at radius 3 is 2.67 bits per heavy atom. The van der Waals surface area contributed by atoms with Gasteiger partial charge in [-0.15, -0.1) is 0 Å². The van der Waals surface area contributed by atoms with Crippen molar-refractivity contribution in [3.63, 3.8) is 0 Å². The van der Waals surface area contributed by atoms with E-state index in [9.17, 15) is 9.59 Å². The van der Waals surface area contributed by atoms with Crippen LogP contribution in [0.1, 0.15) is 5.56 Å². The number of benzene rings is 2. The van der Waals surface area contributed by atoms with Gasteiger partial charge in [0.25, 0.3) is 0 Å². The molecule has 2 atom stereocenters. The first-order valence-corrected chi connectivity index (χ1v) is 7.92. The van der Waals surface area contributed by atoms with Crippen LogP contribution in [0.25, 0.3) is 21.8 Å². The molecule has 116 valence electrons. The molecular weight excluding hydrogens is 300 g/mol. The zero-order valence-corrected chi connectivity index (χ0v) is 12.7. The SMILES string of the molecule is O=C1NC(=O)C2(c3ccc4[nH]c5ccccc5c4c3)C=CC=CC12. The van der Waals surface area contributed by atoms with Crippen molar-refractivity contribution in [2.45, 2.75) is 5.41 Å². The van der Waals surface area contributed by atoms with Crippen LogP contribution in [0.15, 0.2) is 66.8 Å². The maximum Gasteiger partial charge on any atom is 0.242 e. The van der Waals surface area contributed by atoms with Gasteiger partial charge in [0.2, 0.25) is 11.8 Å². The lowest BCUT2D eigenvalue weighted by atomic mass is 9.69. The molecule has 2 aromatic carbocycles. The van der Waals surface area contributed by atoms with E-state index in [1.165, 1.54) is 0 Å². The average Bonchev–Trinajstić information content (AvgIpc) is 3.11. The van der Waals surface area contributed by atoms with E-state index in [4.69, 9.17) is 0 Å². The van der Waals surface area contributed by atoms with Gasteiger partial charge in [0.15, 0.2) is 0 Å². The maximum atomic E-state index is 12.7. The highest BCUT2D eigenvalue weighted by molar-refractivity contribution is 6.14. The van der Waals surface area contributed by atoms with Crippen molar-refractivity contribution >= 4 is 33.6 Å². The third-order valence-corrected chi connectivity index (χ3v) is 5.14. The highest BCUT2D eigenvalue weighted by atomic mass is 16.2. The molecule has 24 heavy (non-hydrogen) atoms. The van der Waals surface area contributed by atoms with Gasteiger partial charge in [0.05, 0.1) is 5.92 Å². The summed E-state index contributed by atoms with van der Waals surface area (Å²) in [5.41, 5.74) is 1.98. The Kier molecular flexibility index (Phi) is 2.47. The Morgan fingerprint density at radius 2 is 1.75 bits per heavy atom. The van der Waals surface area contributed by atoms with Gasteiger partial charge in [0.1, 0.15) is 5.41 Å². The Morgan fingerprint density at radius 1 is 0.917 bits per heavy atom. The van der Waals surface area contributed by atoms with Crippen LogP contribution in [0.2, 0.25) is 0 Å². The van der Waals surface area contributed by atoms with E-state index in [2.05, 4.69) is 16.4 Å². The highest BCUT2D eigenvalue weighted by Gasteiger charge is 2.54. The van der Waals surface area contributed by atoms with Gasteiger partial charge in [-0.25, -0.2) is 0 Å². The molecule has 4 heteroatoms. The minimum atomic E-state index is -0.946. The molecule has 1 aliphatic heterocycles. The smallest absolute Gasteiger partial charge is 0.242 e. The second-order valence-electron chi connectivity index (χ2n) is 6.34. The predicted molar refractivity (Wildman–Crippen MR) is 92.4 cm³/mol. The molecule has 1 aliphatic carbocycles. The topological polar surface area (TPSA) is 62.0 Å². The van der Waals surface area contributed by atoms with Crippen molar-refractivity contribution in [1.82, 2.24) is 10.3 Å². The summed E-state index contributed by atoms with van der Waals surface area (Å²) in [6, 6.07) is 14.0. The second-order valence-corrected chi connectivity index (χ2v) is 6.34. The van der Waals surface area contributed by atoms with Crippen LogP contribution in [0.4, 0.5) is 0 Å². The van der Waals surface area contributed by atoms with Gasteiger partial charge in [-0.1, -0.05) is 48.6 Å². The zero-order chi connectivity index (χ0) is 16.3. The van der Waals surface area contributed by atoms with Gasteiger partial charge in [0, 0.05) is 21.8 Å². The fourth-order valence-electron chi connectivity index (χ4n) is 3.95. The largest absolute Gasteiger partial charge is 0.355 e. The first kappa shape index (κ1) is 13.3. The number of aromatic amines is 1. The standard InChI is InChI=1S/C20H14N2O2/c23-18-15-6-3-4-10-20(15,19(24)22-18)12-8-9-17-14(11-12)13-5-1-2-7-16(13)21-17/h1-11,15,21H,(H,22,23,24). The lowest BCUT2D eigenvalue weighted by molar-refractivity contribution is -0.126. The van der Waals surface area contributed by atoms with E-state index >= 15 is 0 Å². The van der Waals surface area contributed by atoms with Crippen molar-refractivity contribution in [1.29, 1.82) is 0 Å². The first-order valence-electron chi connectivity index (χ1n) is 7.92. The fraction of sp³-hybridized carbons (Fsp3) is 0.100. The Balaban J connectivity index is 1.80.